The maximum atomic E-state index is 12.4. The largest absolute Gasteiger partial charge is 0.464 e. The molecule has 0 atom stereocenters. The normalized spacial score (nSPS) is 12.6. The van der Waals surface area contributed by atoms with Gasteiger partial charge in [0.15, 0.2) is 11.5 Å². The van der Waals surface area contributed by atoms with E-state index in [0.717, 1.165) is 22.1 Å². The number of anilines is 1. The molecule has 0 aliphatic carbocycles. The van der Waals surface area contributed by atoms with E-state index < -0.39 is 0 Å². The number of carbonyl (C=O) groups is 1. The Morgan fingerprint density at radius 2 is 1.96 bits per heavy atom. The monoisotopic (exact) mass is 323 g/mol. The molecule has 2 aromatic carbocycles. The molecular weight excluding hydrogens is 306 g/mol. The minimum atomic E-state index is -0.102. The van der Waals surface area contributed by atoms with Crippen LogP contribution in [-0.2, 0) is 11.2 Å². The minimum Gasteiger partial charge on any atom is -0.464 e. The van der Waals surface area contributed by atoms with Crippen molar-refractivity contribution in [3.05, 3.63) is 53.3 Å². The van der Waals surface area contributed by atoms with Gasteiger partial charge in [-0.1, -0.05) is 12.1 Å². The fourth-order valence-electron chi connectivity index (χ4n) is 2.88. The van der Waals surface area contributed by atoms with Crippen LogP contribution < -0.4 is 14.8 Å². The Morgan fingerprint density at radius 3 is 2.83 bits per heavy atom. The van der Waals surface area contributed by atoms with Crippen molar-refractivity contribution < 1.29 is 18.7 Å². The number of rotatable bonds is 3. The van der Waals surface area contributed by atoms with Gasteiger partial charge in [0.05, 0.1) is 12.7 Å². The van der Waals surface area contributed by atoms with Gasteiger partial charge in [0, 0.05) is 22.7 Å². The Bertz CT molecular complexity index is 942. The summed E-state index contributed by atoms with van der Waals surface area (Å²) in [6, 6.07) is 9.40. The standard InChI is InChI=1S/C19H17NO4/c1-11-3-5-15-13(9-22-19(15)12(11)2)7-18(21)20-14-4-6-16-17(8-14)24-10-23-16/h3-6,8-9H,7,10H2,1-2H3,(H,20,21). The van der Waals surface area contributed by atoms with Crippen molar-refractivity contribution in [1.82, 2.24) is 0 Å². The highest BCUT2D eigenvalue weighted by Crippen LogP contribution is 2.34. The number of carbonyl (C=O) groups excluding carboxylic acids is 1. The summed E-state index contributed by atoms with van der Waals surface area (Å²) in [7, 11) is 0. The highest BCUT2D eigenvalue weighted by atomic mass is 16.7. The highest BCUT2D eigenvalue weighted by Gasteiger charge is 2.16. The molecular formula is C19H17NO4. The SMILES string of the molecule is Cc1ccc2c(CC(=O)Nc3ccc4c(c3)OCO4)coc2c1C. The first-order valence-corrected chi connectivity index (χ1v) is 7.77. The molecule has 0 radical (unpaired) electrons. The smallest absolute Gasteiger partial charge is 0.231 e. The lowest BCUT2D eigenvalue weighted by Crippen LogP contribution is -2.14. The fraction of sp³-hybridized carbons (Fsp3) is 0.211. The predicted octanol–water partition coefficient (Wildman–Crippen LogP) is 3.96. The number of hydrogen-bond acceptors (Lipinski definition) is 4. The first-order valence-electron chi connectivity index (χ1n) is 7.77. The molecule has 1 aliphatic heterocycles. The van der Waals surface area contributed by atoms with Crippen molar-refractivity contribution in [3.8, 4) is 11.5 Å². The number of fused-ring (bicyclic) bond motifs is 2. The summed E-state index contributed by atoms with van der Waals surface area (Å²) in [5, 5.41) is 3.87. The zero-order valence-electron chi connectivity index (χ0n) is 13.5. The lowest BCUT2D eigenvalue weighted by Gasteiger charge is -2.06. The first kappa shape index (κ1) is 14.6. The van der Waals surface area contributed by atoms with Gasteiger partial charge in [-0.2, -0.15) is 0 Å². The second kappa shape index (κ2) is 5.60. The van der Waals surface area contributed by atoms with Crippen LogP contribution in [0, 0.1) is 13.8 Å². The highest BCUT2D eigenvalue weighted by molar-refractivity contribution is 5.96. The van der Waals surface area contributed by atoms with E-state index in [9.17, 15) is 4.79 Å². The van der Waals surface area contributed by atoms with Crippen LogP contribution >= 0.6 is 0 Å². The molecule has 4 rings (SSSR count). The molecule has 0 saturated heterocycles. The Labute approximate surface area is 139 Å². The third-order valence-electron chi connectivity index (χ3n) is 4.35. The van der Waals surface area contributed by atoms with E-state index in [4.69, 9.17) is 13.9 Å². The molecule has 1 aromatic heterocycles. The summed E-state index contributed by atoms with van der Waals surface area (Å²) >= 11 is 0. The third-order valence-corrected chi connectivity index (χ3v) is 4.35. The van der Waals surface area contributed by atoms with Crippen LogP contribution in [-0.4, -0.2) is 12.7 Å². The summed E-state index contributed by atoms with van der Waals surface area (Å²) in [6.07, 6.45) is 1.92. The lowest BCUT2D eigenvalue weighted by molar-refractivity contribution is -0.115. The molecule has 5 heteroatoms. The second-order valence-electron chi connectivity index (χ2n) is 5.94. The van der Waals surface area contributed by atoms with Crippen LogP contribution in [0.4, 0.5) is 5.69 Å². The number of nitrogens with one attached hydrogen (secondary N) is 1. The van der Waals surface area contributed by atoms with Gasteiger partial charge in [-0.15, -0.1) is 0 Å². The maximum Gasteiger partial charge on any atom is 0.231 e. The van der Waals surface area contributed by atoms with E-state index in [1.165, 1.54) is 5.56 Å². The summed E-state index contributed by atoms with van der Waals surface area (Å²) in [6.45, 7) is 4.29. The summed E-state index contributed by atoms with van der Waals surface area (Å²) in [5.74, 6) is 1.24. The molecule has 0 unspecified atom stereocenters. The first-order chi connectivity index (χ1) is 11.6. The van der Waals surface area contributed by atoms with Crippen molar-refractivity contribution in [2.45, 2.75) is 20.3 Å². The van der Waals surface area contributed by atoms with Crippen molar-refractivity contribution in [2.75, 3.05) is 12.1 Å². The molecule has 2 heterocycles. The van der Waals surface area contributed by atoms with E-state index in [-0.39, 0.29) is 19.1 Å². The number of hydrogen-bond donors (Lipinski definition) is 1. The second-order valence-corrected chi connectivity index (χ2v) is 5.94. The predicted molar refractivity (Wildman–Crippen MR) is 90.6 cm³/mol. The zero-order chi connectivity index (χ0) is 16.7. The molecule has 0 bridgehead atoms. The van der Waals surface area contributed by atoms with Crippen LogP contribution in [0.1, 0.15) is 16.7 Å². The molecule has 1 amide bonds. The van der Waals surface area contributed by atoms with Crippen LogP contribution in [0.5, 0.6) is 11.5 Å². The summed E-state index contributed by atoms with van der Waals surface area (Å²) in [5.41, 5.74) is 4.69. The van der Waals surface area contributed by atoms with Crippen LogP contribution in [0.3, 0.4) is 0 Å². The maximum absolute atomic E-state index is 12.4. The lowest BCUT2D eigenvalue weighted by atomic mass is 10.0. The van der Waals surface area contributed by atoms with E-state index in [1.54, 1.807) is 24.5 Å². The quantitative estimate of drug-likeness (QED) is 0.792. The molecule has 1 aliphatic rings. The van der Waals surface area contributed by atoms with Crippen molar-refractivity contribution in [3.63, 3.8) is 0 Å². The van der Waals surface area contributed by atoms with E-state index in [0.29, 0.717) is 17.2 Å². The Balaban J connectivity index is 1.53. The molecule has 0 spiro atoms. The van der Waals surface area contributed by atoms with Gasteiger partial charge >= 0.3 is 0 Å². The topological polar surface area (TPSA) is 60.7 Å². The van der Waals surface area contributed by atoms with Crippen molar-refractivity contribution >= 4 is 22.6 Å². The minimum absolute atomic E-state index is 0.102. The summed E-state index contributed by atoms with van der Waals surface area (Å²) < 4.78 is 16.2. The van der Waals surface area contributed by atoms with Gasteiger partial charge in [0.1, 0.15) is 5.58 Å². The zero-order valence-corrected chi connectivity index (χ0v) is 13.5. The van der Waals surface area contributed by atoms with E-state index in [1.807, 2.05) is 26.0 Å². The molecule has 1 N–H and O–H groups in total. The van der Waals surface area contributed by atoms with Gasteiger partial charge in [0.25, 0.3) is 0 Å². The van der Waals surface area contributed by atoms with E-state index >= 15 is 0 Å². The summed E-state index contributed by atoms with van der Waals surface area (Å²) in [4.78, 5) is 12.4. The van der Waals surface area contributed by atoms with Gasteiger partial charge < -0.3 is 19.2 Å². The molecule has 5 nitrogen and oxygen atoms in total. The van der Waals surface area contributed by atoms with E-state index in [2.05, 4.69) is 5.32 Å². The third kappa shape index (κ3) is 2.48. The Morgan fingerprint density at radius 1 is 1.12 bits per heavy atom. The average Bonchev–Trinajstić information content (AvgIpc) is 3.18. The number of amides is 1. The fourth-order valence-corrected chi connectivity index (χ4v) is 2.88. The Kier molecular flexibility index (Phi) is 3.41. The molecule has 122 valence electrons. The van der Waals surface area contributed by atoms with Crippen LogP contribution in [0.15, 0.2) is 41.0 Å². The number of benzene rings is 2. The molecule has 3 aromatic rings. The number of furan rings is 1. The molecule has 24 heavy (non-hydrogen) atoms. The molecule has 0 fully saturated rings. The van der Waals surface area contributed by atoms with Gasteiger partial charge in [-0.3, -0.25) is 4.79 Å². The average molecular weight is 323 g/mol. The number of aryl methyl sites for hydroxylation is 2. The van der Waals surface area contributed by atoms with Crippen LogP contribution in [0.2, 0.25) is 0 Å². The molecule has 0 saturated carbocycles. The number of ether oxygens (including phenoxy) is 2. The Hall–Kier alpha value is -2.95. The van der Waals surface area contributed by atoms with Crippen LogP contribution in [0.25, 0.3) is 11.0 Å². The van der Waals surface area contributed by atoms with Crippen molar-refractivity contribution in [1.29, 1.82) is 0 Å². The van der Waals surface area contributed by atoms with Gasteiger partial charge in [0.2, 0.25) is 12.7 Å². The van der Waals surface area contributed by atoms with Crippen molar-refractivity contribution in [2.24, 2.45) is 0 Å². The van der Waals surface area contributed by atoms with Gasteiger partial charge in [-0.25, -0.2) is 0 Å². The van der Waals surface area contributed by atoms with Gasteiger partial charge in [-0.05, 0) is 37.1 Å².